The molecule has 3 N–H and O–H groups in total. The quantitative estimate of drug-likeness (QED) is 0.166. The van der Waals surface area contributed by atoms with Crippen LogP contribution in [0.15, 0.2) is 30.6 Å². The number of nitrogens with zero attached hydrogens (tertiary/aromatic N) is 7. The third-order valence-electron chi connectivity index (χ3n) is 7.02. The van der Waals surface area contributed by atoms with E-state index in [4.69, 9.17) is 0 Å². The lowest BCUT2D eigenvalue weighted by Gasteiger charge is -2.22. The summed E-state index contributed by atoms with van der Waals surface area (Å²) in [5.41, 5.74) is 3.21. The van der Waals surface area contributed by atoms with Crippen molar-refractivity contribution >= 4 is 40.3 Å². The largest absolute Gasteiger partial charge is 0.369 e. The number of carbonyl (C=O) groups excluding carboxylic acids is 2. The standard InChI is InChI=1S/C31H42N10O2/c1-6-15-32-28-23(20-35-31(37-28)36-24-19-25-22(2)38-40(5)29(25)34-21-24)12-8-7-9-16-33-30(43)26-13-10-18-41(26)27(42)14-11-17-39(3)4/h11,14,19-21,26H,6-7,9-10,13,15-18H2,1-5H3,(H,33,43)(H2,32,35,36,37)/t26-/m0/s1. The highest BCUT2D eigenvalue weighted by atomic mass is 16.2. The average Bonchev–Trinajstić information content (AvgIpc) is 3.58. The van der Waals surface area contributed by atoms with Gasteiger partial charge in [-0.3, -0.25) is 14.3 Å². The van der Waals surface area contributed by atoms with Crippen molar-refractivity contribution in [3.05, 3.63) is 41.9 Å². The highest BCUT2D eigenvalue weighted by Gasteiger charge is 2.32. The third-order valence-corrected chi connectivity index (χ3v) is 7.02. The smallest absolute Gasteiger partial charge is 0.246 e. The fourth-order valence-corrected chi connectivity index (χ4v) is 4.84. The van der Waals surface area contributed by atoms with Crippen LogP contribution in [-0.2, 0) is 16.6 Å². The van der Waals surface area contributed by atoms with Gasteiger partial charge in [-0.25, -0.2) is 9.97 Å². The molecule has 1 atom stereocenters. The van der Waals surface area contributed by atoms with Gasteiger partial charge in [0.15, 0.2) is 5.65 Å². The molecule has 3 aromatic heterocycles. The molecular weight excluding hydrogens is 544 g/mol. The van der Waals surface area contributed by atoms with Crippen LogP contribution in [0, 0.1) is 18.8 Å². The van der Waals surface area contributed by atoms with Crippen molar-refractivity contribution in [1.29, 1.82) is 0 Å². The highest BCUT2D eigenvalue weighted by molar-refractivity contribution is 5.93. The number of pyridine rings is 1. The molecule has 12 nitrogen and oxygen atoms in total. The van der Waals surface area contributed by atoms with Gasteiger partial charge in [-0.15, -0.1) is 0 Å². The molecule has 3 aromatic rings. The number of unbranched alkanes of at least 4 members (excludes halogenated alkanes) is 1. The van der Waals surface area contributed by atoms with Gasteiger partial charge in [0, 0.05) is 51.1 Å². The Morgan fingerprint density at radius 2 is 2.05 bits per heavy atom. The van der Waals surface area contributed by atoms with Gasteiger partial charge in [0.05, 0.1) is 29.3 Å². The molecule has 0 aromatic carbocycles. The number of aromatic nitrogens is 5. The molecule has 228 valence electrons. The fraction of sp³-hybridized carbons (Fsp3) is 0.484. The molecular formula is C31H42N10O2. The normalized spacial score (nSPS) is 14.7. The first-order valence-corrected chi connectivity index (χ1v) is 14.8. The molecule has 1 aliphatic heterocycles. The first-order valence-electron chi connectivity index (χ1n) is 14.8. The van der Waals surface area contributed by atoms with Crippen LogP contribution < -0.4 is 16.0 Å². The van der Waals surface area contributed by atoms with Crippen LogP contribution in [0.2, 0.25) is 0 Å². The highest BCUT2D eigenvalue weighted by Crippen LogP contribution is 2.22. The van der Waals surface area contributed by atoms with Gasteiger partial charge in [0.25, 0.3) is 0 Å². The molecule has 2 amide bonds. The summed E-state index contributed by atoms with van der Waals surface area (Å²) < 4.78 is 1.76. The summed E-state index contributed by atoms with van der Waals surface area (Å²) >= 11 is 0. The summed E-state index contributed by atoms with van der Waals surface area (Å²) in [6.07, 6.45) is 10.6. The molecule has 1 fully saturated rings. The number of rotatable bonds is 12. The zero-order valence-corrected chi connectivity index (χ0v) is 25.8. The van der Waals surface area contributed by atoms with E-state index in [1.54, 1.807) is 28.1 Å². The maximum absolute atomic E-state index is 12.8. The molecule has 0 unspecified atom stereocenters. The number of hydrogen-bond acceptors (Lipinski definition) is 9. The molecule has 4 heterocycles. The van der Waals surface area contributed by atoms with Gasteiger partial charge in [-0.2, -0.15) is 10.1 Å². The van der Waals surface area contributed by atoms with Gasteiger partial charge >= 0.3 is 0 Å². The van der Waals surface area contributed by atoms with E-state index in [0.717, 1.165) is 41.8 Å². The summed E-state index contributed by atoms with van der Waals surface area (Å²) in [5, 5.41) is 15.0. The molecule has 1 aliphatic rings. The number of nitrogens with one attached hydrogen (secondary N) is 3. The Bertz CT molecular complexity index is 1520. The molecule has 0 saturated carbocycles. The zero-order chi connectivity index (χ0) is 30.8. The predicted octanol–water partition coefficient (Wildman–Crippen LogP) is 2.99. The van der Waals surface area contributed by atoms with Crippen molar-refractivity contribution in [2.45, 2.75) is 52.0 Å². The number of amides is 2. The van der Waals surface area contributed by atoms with Crippen LogP contribution in [0.25, 0.3) is 11.0 Å². The van der Waals surface area contributed by atoms with Gasteiger partial charge in [-0.1, -0.05) is 24.8 Å². The molecule has 0 radical (unpaired) electrons. The zero-order valence-electron chi connectivity index (χ0n) is 25.8. The maximum Gasteiger partial charge on any atom is 0.246 e. The molecule has 43 heavy (non-hydrogen) atoms. The van der Waals surface area contributed by atoms with Gasteiger partial charge in [0.2, 0.25) is 17.8 Å². The maximum atomic E-state index is 12.8. The second-order valence-corrected chi connectivity index (χ2v) is 10.9. The summed E-state index contributed by atoms with van der Waals surface area (Å²) in [7, 11) is 5.76. The molecule has 4 rings (SSSR count). The predicted molar refractivity (Wildman–Crippen MR) is 169 cm³/mol. The van der Waals surface area contributed by atoms with E-state index in [0.29, 0.717) is 56.2 Å². The number of likely N-dealkylation sites (tertiary alicyclic amines) is 1. The minimum absolute atomic E-state index is 0.101. The van der Waals surface area contributed by atoms with E-state index in [9.17, 15) is 9.59 Å². The van der Waals surface area contributed by atoms with Crippen molar-refractivity contribution in [3.8, 4) is 11.8 Å². The van der Waals surface area contributed by atoms with E-state index in [2.05, 4.69) is 54.8 Å². The monoisotopic (exact) mass is 586 g/mol. The molecule has 0 aliphatic carbocycles. The second kappa shape index (κ2) is 15.1. The number of likely N-dealkylation sites (N-methyl/N-ethyl adjacent to an activating group) is 1. The van der Waals surface area contributed by atoms with E-state index in [1.807, 2.05) is 45.1 Å². The van der Waals surface area contributed by atoms with E-state index in [1.165, 1.54) is 0 Å². The Labute approximate surface area is 253 Å². The van der Waals surface area contributed by atoms with Crippen molar-refractivity contribution in [3.63, 3.8) is 0 Å². The summed E-state index contributed by atoms with van der Waals surface area (Å²) in [5.74, 6) is 7.26. The molecule has 0 spiro atoms. The fourth-order valence-electron chi connectivity index (χ4n) is 4.84. The van der Waals surface area contributed by atoms with Crippen LogP contribution in [0.3, 0.4) is 0 Å². The number of hydrogen-bond donors (Lipinski definition) is 3. The Morgan fingerprint density at radius 1 is 1.21 bits per heavy atom. The van der Waals surface area contributed by atoms with Gasteiger partial charge < -0.3 is 25.8 Å². The summed E-state index contributed by atoms with van der Waals surface area (Å²) in [6, 6.07) is 1.58. The first kappa shape index (κ1) is 31.4. The Balaban J connectivity index is 1.30. The van der Waals surface area contributed by atoms with Crippen molar-refractivity contribution in [2.75, 3.05) is 50.9 Å². The number of anilines is 3. The summed E-state index contributed by atoms with van der Waals surface area (Å²) in [6.45, 7) is 6.59. The lowest BCUT2D eigenvalue weighted by Crippen LogP contribution is -2.45. The number of aryl methyl sites for hydroxylation is 2. The van der Waals surface area contributed by atoms with Crippen LogP contribution in [0.5, 0.6) is 0 Å². The van der Waals surface area contributed by atoms with Crippen molar-refractivity contribution in [1.82, 2.24) is 39.8 Å². The number of carbonyl (C=O) groups is 2. The molecule has 12 heteroatoms. The molecule has 1 saturated heterocycles. The topological polar surface area (TPSA) is 133 Å². The minimum Gasteiger partial charge on any atom is -0.369 e. The van der Waals surface area contributed by atoms with Crippen molar-refractivity contribution < 1.29 is 9.59 Å². The van der Waals surface area contributed by atoms with E-state index in [-0.39, 0.29) is 11.8 Å². The summed E-state index contributed by atoms with van der Waals surface area (Å²) in [4.78, 5) is 42.6. The Morgan fingerprint density at radius 3 is 2.84 bits per heavy atom. The van der Waals surface area contributed by atoms with Crippen molar-refractivity contribution in [2.24, 2.45) is 7.05 Å². The first-order chi connectivity index (χ1) is 20.8. The van der Waals surface area contributed by atoms with Crippen LogP contribution in [-0.4, -0.2) is 92.7 Å². The molecule has 0 bridgehead atoms. The lowest BCUT2D eigenvalue weighted by atomic mass is 10.2. The van der Waals surface area contributed by atoms with E-state index < -0.39 is 6.04 Å². The van der Waals surface area contributed by atoms with E-state index >= 15 is 0 Å². The average molecular weight is 587 g/mol. The second-order valence-electron chi connectivity index (χ2n) is 10.9. The lowest BCUT2D eigenvalue weighted by molar-refractivity contribution is -0.135. The van der Waals surface area contributed by atoms with Gasteiger partial charge in [0.1, 0.15) is 11.9 Å². The number of fused-ring (bicyclic) bond motifs is 1. The third kappa shape index (κ3) is 8.51. The Kier molecular flexibility index (Phi) is 11.0. The van der Waals surface area contributed by atoms with Gasteiger partial charge in [-0.05, 0) is 52.8 Å². The SMILES string of the molecule is CCCNc1nc(Nc2cnc3c(c2)c(C)nn3C)ncc1C#CCCCNC(=O)[C@@H]1CCCN1C(=O)C=CCN(C)C. The minimum atomic E-state index is -0.412. The van der Waals surface area contributed by atoms with Crippen LogP contribution >= 0.6 is 0 Å². The van der Waals surface area contributed by atoms with Crippen LogP contribution in [0.1, 0.15) is 50.3 Å². The Hall–Kier alpha value is -4.50. The van der Waals surface area contributed by atoms with Crippen LogP contribution in [0.4, 0.5) is 17.5 Å².